The Morgan fingerprint density at radius 2 is 2.11 bits per heavy atom. The van der Waals surface area contributed by atoms with Gasteiger partial charge in [-0.25, -0.2) is 0 Å². The fourth-order valence-corrected chi connectivity index (χ4v) is 1.95. The number of aliphatic imine (C=N–C) groups is 1. The van der Waals surface area contributed by atoms with Crippen molar-refractivity contribution in [2.45, 2.75) is 45.7 Å². The van der Waals surface area contributed by atoms with Gasteiger partial charge in [-0.1, -0.05) is 6.92 Å². The van der Waals surface area contributed by atoms with Crippen molar-refractivity contribution in [2.24, 2.45) is 10.9 Å². The predicted octanol–water partition coefficient (Wildman–Crippen LogP) is 1.02. The highest BCUT2D eigenvalue weighted by molar-refractivity contribution is 5.80. The molecule has 1 saturated carbocycles. The molecule has 0 radical (unpaired) electrons. The highest BCUT2D eigenvalue weighted by Crippen LogP contribution is 2.28. The molecule has 19 heavy (non-hydrogen) atoms. The van der Waals surface area contributed by atoms with Gasteiger partial charge in [-0.05, 0) is 32.1 Å². The Bertz CT molecular complexity index is 386. The Balaban J connectivity index is 1.63. The second-order valence-corrected chi connectivity index (χ2v) is 5.13. The Hall–Kier alpha value is -1.59. The number of unbranched alkanes of at least 4 members (excludes halogenated alkanes) is 1. The third kappa shape index (κ3) is 4.89. The van der Waals surface area contributed by atoms with Crippen molar-refractivity contribution < 1.29 is 0 Å². The topological polar surface area (TPSA) is 67.1 Å². The average Bonchev–Trinajstić information content (AvgIpc) is 2.90. The first kappa shape index (κ1) is 13.8. The molecule has 2 atom stereocenters. The lowest BCUT2D eigenvalue weighted by Crippen LogP contribution is -2.39. The van der Waals surface area contributed by atoms with Crippen LogP contribution in [0, 0.1) is 5.92 Å². The van der Waals surface area contributed by atoms with E-state index >= 15 is 0 Å². The molecule has 6 heteroatoms. The number of hydrogen-bond acceptors (Lipinski definition) is 3. The molecule has 0 amide bonds. The number of nitrogens with zero attached hydrogens (tertiary/aromatic N) is 4. The molecule has 106 valence electrons. The van der Waals surface area contributed by atoms with Crippen LogP contribution in [0.25, 0.3) is 0 Å². The minimum Gasteiger partial charge on any atom is -0.357 e. The SMILES string of the molecule is CCNC(=NCCCCn1cnnc1)NC1CC1C. The molecule has 0 aromatic carbocycles. The second kappa shape index (κ2) is 7.11. The maximum Gasteiger partial charge on any atom is 0.191 e. The summed E-state index contributed by atoms with van der Waals surface area (Å²) >= 11 is 0. The van der Waals surface area contributed by atoms with Crippen LogP contribution < -0.4 is 10.6 Å². The van der Waals surface area contributed by atoms with E-state index < -0.39 is 0 Å². The first-order valence-corrected chi connectivity index (χ1v) is 7.17. The standard InChI is InChI=1S/C13H24N6/c1-3-14-13(18-12-8-11(12)2)15-6-4-5-7-19-9-16-17-10-19/h9-12H,3-8H2,1-2H3,(H2,14,15,18). The van der Waals surface area contributed by atoms with E-state index in [-0.39, 0.29) is 0 Å². The highest BCUT2D eigenvalue weighted by atomic mass is 15.2. The van der Waals surface area contributed by atoms with E-state index in [1.54, 1.807) is 12.7 Å². The summed E-state index contributed by atoms with van der Waals surface area (Å²) in [5.74, 6) is 1.75. The lowest BCUT2D eigenvalue weighted by molar-refractivity contribution is 0.611. The maximum atomic E-state index is 4.60. The van der Waals surface area contributed by atoms with Gasteiger partial charge in [0.05, 0.1) is 0 Å². The molecule has 1 aromatic rings. The molecule has 0 bridgehead atoms. The Morgan fingerprint density at radius 3 is 2.74 bits per heavy atom. The Kier molecular flexibility index (Phi) is 5.18. The monoisotopic (exact) mass is 264 g/mol. The van der Waals surface area contributed by atoms with Crippen LogP contribution in [0.5, 0.6) is 0 Å². The fraction of sp³-hybridized carbons (Fsp3) is 0.769. The summed E-state index contributed by atoms with van der Waals surface area (Å²) in [4.78, 5) is 4.60. The second-order valence-electron chi connectivity index (χ2n) is 5.13. The van der Waals surface area contributed by atoms with Crippen molar-refractivity contribution in [2.75, 3.05) is 13.1 Å². The van der Waals surface area contributed by atoms with E-state index in [4.69, 9.17) is 0 Å². The van der Waals surface area contributed by atoms with Crippen LogP contribution in [0.3, 0.4) is 0 Å². The average molecular weight is 264 g/mol. The van der Waals surface area contributed by atoms with Gasteiger partial charge in [0.25, 0.3) is 0 Å². The minimum atomic E-state index is 0.620. The Labute approximate surface area is 114 Å². The largest absolute Gasteiger partial charge is 0.357 e. The number of rotatable bonds is 7. The van der Waals surface area contributed by atoms with Gasteiger partial charge in [-0.2, -0.15) is 0 Å². The van der Waals surface area contributed by atoms with E-state index in [9.17, 15) is 0 Å². The van der Waals surface area contributed by atoms with Crippen LogP contribution in [-0.4, -0.2) is 39.9 Å². The van der Waals surface area contributed by atoms with Crippen LogP contribution in [0.4, 0.5) is 0 Å². The number of guanidine groups is 1. The summed E-state index contributed by atoms with van der Waals surface area (Å²) in [5.41, 5.74) is 0. The van der Waals surface area contributed by atoms with Gasteiger partial charge >= 0.3 is 0 Å². The van der Waals surface area contributed by atoms with E-state index in [0.717, 1.165) is 44.4 Å². The lowest BCUT2D eigenvalue weighted by atomic mass is 10.3. The number of hydrogen-bond donors (Lipinski definition) is 2. The van der Waals surface area contributed by atoms with Gasteiger partial charge in [-0.3, -0.25) is 4.99 Å². The van der Waals surface area contributed by atoms with Gasteiger partial charge in [0.15, 0.2) is 5.96 Å². The van der Waals surface area contributed by atoms with Gasteiger partial charge in [0.1, 0.15) is 12.7 Å². The van der Waals surface area contributed by atoms with Crippen molar-refractivity contribution in [3.8, 4) is 0 Å². The van der Waals surface area contributed by atoms with E-state index in [0.29, 0.717) is 6.04 Å². The minimum absolute atomic E-state index is 0.620. The molecule has 0 saturated heterocycles. The zero-order valence-electron chi connectivity index (χ0n) is 11.8. The van der Waals surface area contributed by atoms with Crippen LogP contribution in [0.15, 0.2) is 17.6 Å². The van der Waals surface area contributed by atoms with Crippen molar-refractivity contribution in [1.29, 1.82) is 0 Å². The zero-order valence-corrected chi connectivity index (χ0v) is 11.8. The van der Waals surface area contributed by atoms with Crippen molar-refractivity contribution in [3.05, 3.63) is 12.7 Å². The smallest absolute Gasteiger partial charge is 0.191 e. The zero-order chi connectivity index (χ0) is 13.5. The molecule has 2 unspecified atom stereocenters. The normalized spacial score (nSPS) is 22.3. The molecule has 1 aliphatic rings. The molecule has 2 rings (SSSR count). The molecule has 1 fully saturated rings. The van der Waals surface area contributed by atoms with E-state index in [1.165, 1.54) is 6.42 Å². The van der Waals surface area contributed by atoms with Gasteiger partial charge in [0.2, 0.25) is 0 Å². The number of aryl methyl sites for hydroxylation is 1. The molecule has 2 N–H and O–H groups in total. The summed E-state index contributed by atoms with van der Waals surface area (Å²) < 4.78 is 2.00. The van der Waals surface area contributed by atoms with E-state index in [2.05, 4.69) is 39.7 Å². The fourth-order valence-electron chi connectivity index (χ4n) is 1.95. The summed E-state index contributed by atoms with van der Waals surface area (Å²) in [6.07, 6.45) is 6.94. The first-order chi connectivity index (χ1) is 9.29. The molecule has 1 aromatic heterocycles. The summed E-state index contributed by atoms with van der Waals surface area (Å²) in [5, 5.41) is 14.3. The van der Waals surface area contributed by atoms with Crippen molar-refractivity contribution in [3.63, 3.8) is 0 Å². The van der Waals surface area contributed by atoms with Crippen molar-refractivity contribution >= 4 is 5.96 Å². The Morgan fingerprint density at radius 1 is 1.37 bits per heavy atom. The van der Waals surface area contributed by atoms with Gasteiger partial charge < -0.3 is 15.2 Å². The maximum absolute atomic E-state index is 4.60. The molecular formula is C13H24N6. The van der Waals surface area contributed by atoms with Gasteiger partial charge in [-0.15, -0.1) is 10.2 Å². The number of aromatic nitrogens is 3. The van der Waals surface area contributed by atoms with Gasteiger partial charge in [0, 0.05) is 25.7 Å². The molecule has 6 nitrogen and oxygen atoms in total. The van der Waals surface area contributed by atoms with Crippen LogP contribution in [0.1, 0.15) is 33.1 Å². The lowest BCUT2D eigenvalue weighted by Gasteiger charge is -2.10. The van der Waals surface area contributed by atoms with E-state index in [1.807, 2.05) is 4.57 Å². The quantitative estimate of drug-likeness (QED) is 0.438. The van der Waals surface area contributed by atoms with Crippen LogP contribution >= 0.6 is 0 Å². The molecule has 0 aliphatic heterocycles. The summed E-state index contributed by atoms with van der Waals surface area (Å²) in [6, 6.07) is 0.620. The molecular weight excluding hydrogens is 240 g/mol. The predicted molar refractivity (Wildman–Crippen MR) is 75.9 cm³/mol. The number of nitrogens with one attached hydrogen (secondary N) is 2. The molecule has 0 spiro atoms. The third-order valence-electron chi connectivity index (χ3n) is 3.34. The summed E-state index contributed by atoms with van der Waals surface area (Å²) in [7, 11) is 0. The third-order valence-corrected chi connectivity index (χ3v) is 3.34. The van der Waals surface area contributed by atoms with Crippen molar-refractivity contribution in [1.82, 2.24) is 25.4 Å². The molecule has 1 heterocycles. The van der Waals surface area contributed by atoms with Crippen LogP contribution in [0.2, 0.25) is 0 Å². The molecule has 1 aliphatic carbocycles. The summed E-state index contributed by atoms with van der Waals surface area (Å²) in [6.45, 7) is 7.10. The first-order valence-electron chi connectivity index (χ1n) is 7.17. The van der Waals surface area contributed by atoms with Crippen LogP contribution in [-0.2, 0) is 6.54 Å². The highest BCUT2D eigenvalue weighted by Gasteiger charge is 2.33.